The lowest BCUT2D eigenvalue weighted by molar-refractivity contribution is -0.120. The molecule has 0 fully saturated rings. The second kappa shape index (κ2) is 7.19. The summed E-state index contributed by atoms with van der Waals surface area (Å²) in [6.45, 7) is 4.07. The zero-order valence-corrected chi connectivity index (χ0v) is 12.6. The van der Waals surface area contributed by atoms with Crippen LogP contribution < -0.4 is 5.43 Å². The predicted octanol–water partition coefficient (Wildman–Crippen LogP) is 2.87. The second-order valence-corrected chi connectivity index (χ2v) is 5.12. The molecule has 0 spiro atoms. The van der Waals surface area contributed by atoms with Crippen molar-refractivity contribution in [2.24, 2.45) is 5.10 Å². The van der Waals surface area contributed by atoms with E-state index in [1.54, 1.807) is 30.5 Å². The van der Waals surface area contributed by atoms with Gasteiger partial charge in [0.1, 0.15) is 0 Å². The van der Waals surface area contributed by atoms with Gasteiger partial charge in [-0.3, -0.25) is 4.79 Å². The van der Waals surface area contributed by atoms with E-state index in [-0.39, 0.29) is 5.91 Å². The third-order valence-electron chi connectivity index (χ3n) is 3.38. The fraction of sp³-hybridized carbons (Fsp3) is 0.167. The molecule has 1 amide bonds. The van der Waals surface area contributed by atoms with Gasteiger partial charge in [0.2, 0.25) is 5.91 Å². The molecule has 0 saturated heterocycles. The summed E-state index contributed by atoms with van der Waals surface area (Å²) in [6, 6.07) is 15.0. The minimum Gasteiger partial charge on any atom is -0.273 e. The molecule has 0 unspecified atom stereocenters. The topological polar surface area (TPSA) is 65.2 Å². The maximum Gasteiger partial charge on any atom is 0.244 e. The van der Waals surface area contributed by atoms with Crippen molar-refractivity contribution in [2.45, 2.75) is 20.3 Å². The normalized spacial score (nSPS) is 10.4. The molecule has 4 heteroatoms. The molecule has 0 aliphatic heterocycles. The van der Waals surface area contributed by atoms with Gasteiger partial charge in [-0.1, -0.05) is 30.3 Å². The van der Waals surface area contributed by atoms with Gasteiger partial charge in [-0.25, -0.2) is 5.43 Å². The van der Waals surface area contributed by atoms with E-state index in [1.807, 2.05) is 38.1 Å². The summed E-state index contributed by atoms with van der Waals surface area (Å²) in [5.41, 5.74) is 7.28. The first-order chi connectivity index (χ1) is 10.6. The molecular formula is C18H17N3O. The SMILES string of the molecule is Cc1ccc(CC(=O)N/N=C\c2ccc(C#N)cc2)cc1C. The Balaban J connectivity index is 1.90. The molecule has 4 nitrogen and oxygen atoms in total. The molecule has 0 saturated carbocycles. The van der Waals surface area contributed by atoms with Gasteiger partial charge in [0.25, 0.3) is 0 Å². The van der Waals surface area contributed by atoms with E-state index in [4.69, 9.17) is 5.26 Å². The smallest absolute Gasteiger partial charge is 0.244 e. The van der Waals surface area contributed by atoms with Gasteiger partial charge in [-0.15, -0.1) is 0 Å². The van der Waals surface area contributed by atoms with Gasteiger partial charge in [0.15, 0.2) is 0 Å². The number of rotatable bonds is 4. The van der Waals surface area contributed by atoms with Crippen molar-refractivity contribution in [3.05, 3.63) is 70.3 Å². The summed E-state index contributed by atoms with van der Waals surface area (Å²) in [6.07, 6.45) is 1.85. The summed E-state index contributed by atoms with van der Waals surface area (Å²) in [5, 5.41) is 12.6. The van der Waals surface area contributed by atoms with E-state index < -0.39 is 0 Å². The Morgan fingerprint density at radius 3 is 2.55 bits per heavy atom. The second-order valence-electron chi connectivity index (χ2n) is 5.12. The fourth-order valence-corrected chi connectivity index (χ4v) is 1.96. The summed E-state index contributed by atoms with van der Waals surface area (Å²) < 4.78 is 0. The number of hydrogen-bond acceptors (Lipinski definition) is 3. The maximum atomic E-state index is 11.8. The summed E-state index contributed by atoms with van der Waals surface area (Å²) in [4.78, 5) is 11.8. The van der Waals surface area contributed by atoms with Gasteiger partial charge in [0.05, 0.1) is 24.3 Å². The summed E-state index contributed by atoms with van der Waals surface area (Å²) in [5.74, 6) is -0.159. The molecule has 0 bridgehead atoms. The van der Waals surface area contributed by atoms with E-state index in [1.165, 1.54) is 11.1 Å². The van der Waals surface area contributed by atoms with Crippen molar-refractivity contribution < 1.29 is 4.79 Å². The predicted molar refractivity (Wildman–Crippen MR) is 86.5 cm³/mol. The number of nitrogens with one attached hydrogen (secondary N) is 1. The number of carbonyl (C=O) groups is 1. The average Bonchev–Trinajstić information content (AvgIpc) is 2.51. The molecule has 2 rings (SSSR count). The number of aryl methyl sites for hydroxylation is 2. The van der Waals surface area contributed by atoms with Gasteiger partial charge < -0.3 is 0 Å². The lowest BCUT2D eigenvalue weighted by Gasteiger charge is -2.04. The highest BCUT2D eigenvalue weighted by Crippen LogP contribution is 2.10. The van der Waals surface area contributed by atoms with Crippen LogP contribution in [0.25, 0.3) is 0 Å². The number of hydrazone groups is 1. The molecule has 2 aromatic rings. The van der Waals surface area contributed by atoms with Crippen molar-refractivity contribution in [1.82, 2.24) is 5.43 Å². The van der Waals surface area contributed by atoms with Crippen LogP contribution in [-0.4, -0.2) is 12.1 Å². The van der Waals surface area contributed by atoms with Crippen LogP contribution in [0.15, 0.2) is 47.6 Å². The highest BCUT2D eigenvalue weighted by molar-refractivity contribution is 5.83. The van der Waals surface area contributed by atoms with Crippen LogP contribution in [0.5, 0.6) is 0 Å². The lowest BCUT2D eigenvalue weighted by Crippen LogP contribution is -2.19. The maximum absolute atomic E-state index is 11.8. The van der Waals surface area contributed by atoms with E-state index in [0.29, 0.717) is 12.0 Å². The Labute approximate surface area is 130 Å². The number of benzene rings is 2. The van der Waals surface area contributed by atoms with Crippen LogP contribution >= 0.6 is 0 Å². The first-order valence-electron chi connectivity index (χ1n) is 6.96. The minimum absolute atomic E-state index is 0.159. The van der Waals surface area contributed by atoms with E-state index in [2.05, 4.69) is 10.5 Å². The first-order valence-corrected chi connectivity index (χ1v) is 6.96. The molecule has 1 N–H and O–H groups in total. The fourth-order valence-electron chi connectivity index (χ4n) is 1.96. The molecular weight excluding hydrogens is 274 g/mol. The van der Waals surface area contributed by atoms with Crippen molar-refractivity contribution in [2.75, 3.05) is 0 Å². The van der Waals surface area contributed by atoms with Crippen molar-refractivity contribution in [3.63, 3.8) is 0 Å². The van der Waals surface area contributed by atoms with Crippen LogP contribution in [-0.2, 0) is 11.2 Å². The highest BCUT2D eigenvalue weighted by atomic mass is 16.2. The van der Waals surface area contributed by atoms with Crippen molar-refractivity contribution >= 4 is 12.1 Å². The Hall–Kier alpha value is -2.93. The van der Waals surface area contributed by atoms with Gasteiger partial charge in [-0.2, -0.15) is 10.4 Å². The molecule has 0 radical (unpaired) electrons. The van der Waals surface area contributed by atoms with E-state index in [0.717, 1.165) is 11.1 Å². The van der Waals surface area contributed by atoms with Crippen LogP contribution in [0.1, 0.15) is 27.8 Å². The van der Waals surface area contributed by atoms with Crippen molar-refractivity contribution in [3.8, 4) is 6.07 Å². The molecule has 0 heterocycles. The Kier molecular flexibility index (Phi) is 5.05. The number of carbonyl (C=O) groups excluding carboxylic acids is 1. The minimum atomic E-state index is -0.159. The lowest BCUT2D eigenvalue weighted by atomic mass is 10.0. The van der Waals surface area contributed by atoms with Crippen LogP contribution in [0.3, 0.4) is 0 Å². The monoisotopic (exact) mass is 291 g/mol. The number of hydrogen-bond donors (Lipinski definition) is 1. The molecule has 110 valence electrons. The van der Waals surface area contributed by atoms with Gasteiger partial charge >= 0.3 is 0 Å². The summed E-state index contributed by atoms with van der Waals surface area (Å²) >= 11 is 0. The van der Waals surface area contributed by atoms with Crippen LogP contribution in [0, 0.1) is 25.2 Å². The molecule has 0 aliphatic rings. The van der Waals surface area contributed by atoms with Crippen molar-refractivity contribution in [1.29, 1.82) is 5.26 Å². The zero-order chi connectivity index (χ0) is 15.9. The molecule has 0 aromatic heterocycles. The number of nitriles is 1. The zero-order valence-electron chi connectivity index (χ0n) is 12.6. The average molecular weight is 291 g/mol. The molecule has 0 aliphatic carbocycles. The Bertz CT molecular complexity index is 740. The Morgan fingerprint density at radius 1 is 1.18 bits per heavy atom. The first kappa shape index (κ1) is 15.5. The van der Waals surface area contributed by atoms with Gasteiger partial charge in [-0.05, 0) is 48.2 Å². The number of nitrogens with zero attached hydrogens (tertiary/aromatic N) is 2. The third kappa shape index (κ3) is 4.29. The molecule has 0 atom stereocenters. The van der Waals surface area contributed by atoms with Crippen LogP contribution in [0.4, 0.5) is 0 Å². The highest BCUT2D eigenvalue weighted by Gasteiger charge is 2.03. The Morgan fingerprint density at radius 2 is 1.91 bits per heavy atom. The van der Waals surface area contributed by atoms with Crippen LogP contribution in [0.2, 0.25) is 0 Å². The van der Waals surface area contributed by atoms with Gasteiger partial charge in [0, 0.05) is 0 Å². The number of amides is 1. The van der Waals surface area contributed by atoms with E-state index >= 15 is 0 Å². The van der Waals surface area contributed by atoms with E-state index in [9.17, 15) is 4.79 Å². The quantitative estimate of drug-likeness (QED) is 0.695. The third-order valence-corrected chi connectivity index (χ3v) is 3.38. The summed E-state index contributed by atoms with van der Waals surface area (Å²) in [7, 11) is 0. The molecule has 2 aromatic carbocycles. The molecule has 22 heavy (non-hydrogen) atoms. The largest absolute Gasteiger partial charge is 0.273 e. The standard InChI is InChI=1S/C18H17N3O/c1-13-3-4-17(9-14(13)2)10-18(22)21-20-12-16-7-5-15(11-19)6-8-16/h3-9,12H,10H2,1-2H3,(H,21,22)/b20-12-.